The first-order valence-electron chi connectivity index (χ1n) is 12.5. The van der Waals surface area contributed by atoms with Crippen LogP contribution in [0.3, 0.4) is 0 Å². The van der Waals surface area contributed by atoms with Crippen molar-refractivity contribution in [3.8, 4) is 16.9 Å². The molecule has 0 spiro atoms. The van der Waals surface area contributed by atoms with Gasteiger partial charge in [-0.25, -0.2) is 4.79 Å². The van der Waals surface area contributed by atoms with Crippen LogP contribution in [-0.4, -0.2) is 40.5 Å². The third-order valence-corrected chi connectivity index (χ3v) is 6.36. The summed E-state index contributed by atoms with van der Waals surface area (Å²) in [5, 5.41) is 3.07. The summed E-state index contributed by atoms with van der Waals surface area (Å²) in [6.07, 6.45) is 2.40. The Hall–Kier alpha value is -2.93. The van der Waals surface area contributed by atoms with Crippen LogP contribution in [0.15, 0.2) is 24.3 Å². The van der Waals surface area contributed by atoms with Crippen LogP contribution in [0.1, 0.15) is 70.0 Å². The molecular formula is C28H40N4O3. The molecular weight excluding hydrogens is 440 g/mol. The largest absolute Gasteiger partial charge is 0.415 e. The Morgan fingerprint density at radius 2 is 1.83 bits per heavy atom. The Bertz CT molecular complexity index is 1070. The quantitative estimate of drug-likeness (QED) is 0.567. The second-order valence-corrected chi connectivity index (χ2v) is 10.9. The van der Waals surface area contributed by atoms with Crippen LogP contribution in [0, 0.1) is 12.8 Å². The van der Waals surface area contributed by atoms with Crippen molar-refractivity contribution in [3.05, 3.63) is 46.8 Å². The summed E-state index contributed by atoms with van der Waals surface area (Å²) in [6, 6.07) is 8.15. The number of nitrogens with two attached hydrogens (primary N) is 1. The van der Waals surface area contributed by atoms with Gasteiger partial charge in [0, 0.05) is 36.4 Å². The van der Waals surface area contributed by atoms with Crippen LogP contribution in [0.2, 0.25) is 0 Å². The van der Waals surface area contributed by atoms with E-state index in [1.807, 2.05) is 52.0 Å². The number of nitrogens with zero attached hydrogens (tertiary/aromatic N) is 2. The maximum Gasteiger partial charge on any atom is 0.415 e. The molecule has 1 aliphatic carbocycles. The Morgan fingerprint density at radius 3 is 2.34 bits per heavy atom. The van der Waals surface area contributed by atoms with Gasteiger partial charge in [0.25, 0.3) is 0 Å². The van der Waals surface area contributed by atoms with E-state index in [-0.39, 0.29) is 18.4 Å². The molecule has 1 fully saturated rings. The van der Waals surface area contributed by atoms with E-state index in [0.717, 1.165) is 46.5 Å². The third kappa shape index (κ3) is 6.82. The second-order valence-electron chi connectivity index (χ2n) is 10.9. The SMILES string of the molecule is Cc1nc(CC(C)C)c(OC(=O)N(C)C(C)(C)C)c(-c2ccc(CN)cc2)c1CC(=O)NC1CC1. The van der Waals surface area contributed by atoms with Gasteiger partial charge in [0.15, 0.2) is 5.75 Å². The van der Waals surface area contributed by atoms with Gasteiger partial charge in [-0.3, -0.25) is 9.78 Å². The summed E-state index contributed by atoms with van der Waals surface area (Å²) in [5.41, 5.74) is 10.3. The zero-order valence-electron chi connectivity index (χ0n) is 22.2. The number of carbonyl (C=O) groups is 2. The first-order chi connectivity index (χ1) is 16.4. The number of benzene rings is 1. The smallest absolute Gasteiger partial charge is 0.408 e. The molecule has 1 aliphatic rings. The van der Waals surface area contributed by atoms with Gasteiger partial charge >= 0.3 is 6.09 Å². The molecule has 0 aliphatic heterocycles. The number of aromatic nitrogens is 1. The summed E-state index contributed by atoms with van der Waals surface area (Å²) in [5.74, 6) is 0.689. The van der Waals surface area contributed by atoms with Gasteiger partial charge in [0.1, 0.15) is 0 Å². The van der Waals surface area contributed by atoms with Crippen molar-refractivity contribution in [2.24, 2.45) is 11.7 Å². The van der Waals surface area contributed by atoms with Crippen LogP contribution in [0.25, 0.3) is 11.1 Å². The molecule has 1 saturated carbocycles. The zero-order chi connectivity index (χ0) is 25.9. The van der Waals surface area contributed by atoms with Gasteiger partial charge < -0.3 is 20.7 Å². The Balaban J connectivity index is 2.19. The number of amides is 2. The van der Waals surface area contributed by atoms with Gasteiger partial charge in [-0.1, -0.05) is 38.1 Å². The fourth-order valence-electron chi connectivity index (χ4n) is 3.84. The zero-order valence-corrected chi connectivity index (χ0v) is 22.2. The lowest BCUT2D eigenvalue weighted by atomic mass is 9.92. The molecule has 0 unspecified atom stereocenters. The Morgan fingerprint density at radius 1 is 1.20 bits per heavy atom. The van der Waals surface area contributed by atoms with Crippen molar-refractivity contribution in [2.75, 3.05) is 7.05 Å². The molecule has 7 nitrogen and oxygen atoms in total. The number of hydrogen-bond donors (Lipinski definition) is 2. The number of carbonyl (C=O) groups excluding carboxylic acids is 2. The lowest BCUT2D eigenvalue weighted by Crippen LogP contribution is -2.44. The highest BCUT2D eigenvalue weighted by Crippen LogP contribution is 2.39. The Labute approximate surface area is 209 Å². The molecule has 1 heterocycles. The molecule has 3 N–H and O–H groups in total. The Kier molecular flexibility index (Phi) is 8.21. The minimum Gasteiger partial charge on any atom is -0.408 e. The molecule has 1 aromatic carbocycles. The van der Waals surface area contributed by atoms with Crippen molar-refractivity contribution in [2.45, 2.75) is 85.4 Å². The number of nitrogens with one attached hydrogen (secondary N) is 1. The lowest BCUT2D eigenvalue weighted by molar-refractivity contribution is -0.120. The van der Waals surface area contributed by atoms with E-state index in [0.29, 0.717) is 24.6 Å². The molecule has 2 aromatic rings. The van der Waals surface area contributed by atoms with Crippen molar-refractivity contribution in [3.63, 3.8) is 0 Å². The monoisotopic (exact) mass is 480 g/mol. The van der Waals surface area contributed by atoms with E-state index in [4.69, 9.17) is 15.5 Å². The fraction of sp³-hybridized carbons (Fsp3) is 0.536. The standard InChI is InChI=1S/C28H40N4O3/c1-17(2)14-23-26(35-27(34)32(7)28(4,5)6)25(20-10-8-19(16-29)9-11-20)22(18(3)30-23)15-24(33)31-21-12-13-21/h8-11,17,21H,12-16,29H2,1-7H3,(H,31,33). The molecule has 2 amide bonds. The van der Waals surface area contributed by atoms with Crippen molar-refractivity contribution < 1.29 is 14.3 Å². The molecule has 0 atom stereocenters. The summed E-state index contributed by atoms with van der Waals surface area (Å²) in [4.78, 5) is 32.5. The van der Waals surface area contributed by atoms with E-state index < -0.39 is 11.6 Å². The highest BCUT2D eigenvalue weighted by molar-refractivity contribution is 5.86. The number of aryl methyl sites for hydroxylation is 1. The summed E-state index contributed by atoms with van der Waals surface area (Å²) in [7, 11) is 1.73. The van der Waals surface area contributed by atoms with Gasteiger partial charge in [0.05, 0.1) is 12.1 Å². The van der Waals surface area contributed by atoms with Crippen LogP contribution in [0.5, 0.6) is 5.75 Å². The third-order valence-electron chi connectivity index (χ3n) is 6.36. The van der Waals surface area contributed by atoms with Gasteiger partial charge in [-0.2, -0.15) is 0 Å². The highest BCUT2D eigenvalue weighted by Gasteiger charge is 2.30. The normalized spacial score (nSPS) is 13.6. The molecule has 190 valence electrons. The minimum absolute atomic E-state index is 0.0436. The topological polar surface area (TPSA) is 97.6 Å². The van der Waals surface area contributed by atoms with E-state index in [9.17, 15) is 9.59 Å². The maximum atomic E-state index is 13.2. The average Bonchev–Trinajstić information content (AvgIpc) is 3.59. The molecule has 35 heavy (non-hydrogen) atoms. The predicted molar refractivity (Wildman–Crippen MR) is 139 cm³/mol. The molecule has 0 saturated heterocycles. The first kappa shape index (κ1) is 26.7. The molecule has 3 rings (SSSR count). The van der Waals surface area contributed by atoms with E-state index in [2.05, 4.69) is 19.2 Å². The average molecular weight is 481 g/mol. The van der Waals surface area contributed by atoms with E-state index >= 15 is 0 Å². The summed E-state index contributed by atoms with van der Waals surface area (Å²) < 4.78 is 6.12. The van der Waals surface area contributed by atoms with Crippen LogP contribution < -0.4 is 15.8 Å². The second kappa shape index (κ2) is 10.8. The number of pyridine rings is 1. The molecule has 0 radical (unpaired) electrons. The van der Waals surface area contributed by atoms with Gasteiger partial charge in [-0.15, -0.1) is 0 Å². The minimum atomic E-state index is -0.457. The lowest BCUT2D eigenvalue weighted by Gasteiger charge is -2.31. The highest BCUT2D eigenvalue weighted by atomic mass is 16.6. The molecule has 1 aromatic heterocycles. The fourth-order valence-corrected chi connectivity index (χ4v) is 3.84. The van der Waals surface area contributed by atoms with Crippen molar-refractivity contribution in [1.82, 2.24) is 15.2 Å². The summed E-state index contributed by atoms with van der Waals surface area (Å²) in [6.45, 7) is 12.4. The van der Waals surface area contributed by atoms with E-state index in [1.165, 1.54) is 0 Å². The van der Waals surface area contributed by atoms with Crippen LogP contribution >= 0.6 is 0 Å². The van der Waals surface area contributed by atoms with Crippen molar-refractivity contribution in [1.29, 1.82) is 0 Å². The van der Waals surface area contributed by atoms with Crippen molar-refractivity contribution >= 4 is 12.0 Å². The van der Waals surface area contributed by atoms with Gasteiger partial charge in [0.2, 0.25) is 5.91 Å². The summed E-state index contributed by atoms with van der Waals surface area (Å²) >= 11 is 0. The van der Waals surface area contributed by atoms with Crippen LogP contribution in [0.4, 0.5) is 4.79 Å². The van der Waals surface area contributed by atoms with E-state index in [1.54, 1.807) is 11.9 Å². The molecule has 7 heteroatoms. The number of hydrogen-bond acceptors (Lipinski definition) is 5. The number of ether oxygens (including phenoxy) is 1. The predicted octanol–water partition coefficient (Wildman–Crippen LogP) is 4.76. The van der Waals surface area contributed by atoms with Gasteiger partial charge in [-0.05, 0) is 69.6 Å². The number of rotatable bonds is 8. The first-order valence-corrected chi connectivity index (χ1v) is 12.5. The maximum absolute atomic E-state index is 13.2. The van der Waals surface area contributed by atoms with Crippen LogP contribution in [-0.2, 0) is 24.2 Å². The molecule has 0 bridgehead atoms.